The van der Waals surface area contributed by atoms with Gasteiger partial charge in [0.05, 0.1) is 0 Å². The molecule has 0 saturated heterocycles. The molecule has 2 aromatic heterocycles. The molecule has 0 aliphatic heterocycles. The van der Waals surface area contributed by atoms with Gasteiger partial charge < -0.3 is 4.98 Å². The molecular weight excluding hydrogens is 472 g/mol. The summed E-state index contributed by atoms with van der Waals surface area (Å²) in [5.41, 5.74) is 1.09. The quantitative estimate of drug-likeness (QED) is 0.242. The second kappa shape index (κ2) is 7.74. The molecule has 2 nitrogen and oxygen atoms in total. The van der Waals surface area contributed by atoms with Crippen molar-refractivity contribution in [2.45, 2.75) is 0 Å². The number of aromatic nitrogens is 2. The van der Waals surface area contributed by atoms with Gasteiger partial charge in [-0.25, -0.2) is 4.98 Å². The molecule has 1 N–H and O–H groups in total. The van der Waals surface area contributed by atoms with Crippen molar-refractivity contribution < 1.29 is 0 Å². The lowest BCUT2D eigenvalue weighted by Crippen LogP contribution is -1.87. The van der Waals surface area contributed by atoms with Crippen LogP contribution < -0.4 is 0 Å². The molecule has 0 amide bonds. The number of nitrogens with one attached hydrogen (secondary N) is 1. The third kappa shape index (κ3) is 3.34. The summed E-state index contributed by atoms with van der Waals surface area (Å²) in [4.78, 5) is 7.60. The summed E-state index contributed by atoms with van der Waals surface area (Å²) in [7, 11) is 0. The summed E-state index contributed by atoms with van der Waals surface area (Å²) < 4.78 is 2.15. The highest BCUT2D eigenvalue weighted by atomic mass is 79.9. The zero-order valence-electron chi connectivity index (χ0n) is 13.6. The minimum atomic E-state index is 0.874. The average molecular weight is 486 g/mol. The topological polar surface area (TPSA) is 28.7 Å². The molecule has 0 bridgehead atoms. The van der Waals surface area contributed by atoms with Crippen molar-refractivity contribution in [2.24, 2.45) is 0 Å². The van der Waals surface area contributed by atoms with Gasteiger partial charge in [0.2, 0.25) is 0 Å². The molecule has 128 valence electrons. The minimum Gasteiger partial charge on any atom is -0.345 e. The first-order chi connectivity index (χ1) is 12.8. The van der Waals surface area contributed by atoms with Crippen LogP contribution in [-0.2, 0) is 0 Å². The summed E-state index contributed by atoms with van der Waals surface area (Å²) in [6.07, 6.45) is 3.62. The van der Waals surface area contributed by atoms with E-state index in [-0.39, 0.29) is 0 Å². The minimum absolute atomic E-state index is 0.874. The molecule has 3 aromatic carbocycles. The number of imidazole rings is 1. The maximum atomic E-state index is 4.40. The van der Waals surface area contributed by atoms with Crippen LogP contribution in [0.2, 0.25) is 0 Å². The van der Waals surface area contributed by atoms with Crippen molar-refractivity contribution in [2.75, 3.05) is 0 Å². The molecule has 0 aliphatic carbocycles. The Morgan fingerprint density at radius 3 is 2.31 bits per heavy atom. The third-order valence-electron chi connectivity index (χ3n) is 4.10. The number of thiophene rings is 1. The summed E-state index contributed by atoms with van der Waals surface area (Å²) in [6.45, 7) is 0. The lowest BCUT2D eigenvalue weighted by molar-refractivity contribution is 1.31. The molecule has 2 heterocycles. The largest absolute Gasteiger partial charge is 0.345 e. The number of rotatable bonds is 1. The summed E-state index contributed by atoms with van der Waals surface area (Å²) in [5, 5.41) is 8.94. The number of aromatic amines is 1. The summed E-state index contributed by atoms with van der Waals surface area (Å²) >= 11 is 9.04. The van der Waals surface area contributed by atoms with Gasteiger partial charge in [0, 0.05) is 32.3 Å². The van der Waals surface area contributed by atoms with Crippen LogP contribution in [0.5, 0.6) is 0 Å². The maximum Gasteiger partial charge on any atom is 0.139 e. The lowest BCUT2D eigenvalue weighted by atomic mass is 9.98. The van der Waals surface area contributed by atoms with E-state index in [4.69, 9.17) is 0 Å². The number of hydrogen-bond acceptors (Lipinski definition) is 2. The van der Waals surface area contributed by atoms with Crippen molar-refractivity contribution in [3.05, 3.63) is 86.7 Å². The molecule has 5 rings (SSSR count). The molecule has 0 fully saturated rings. The van der Waals surface area contributed by atoms with E-state index >= 15 is 0 Å². The Morgan fingerprint density at radius 1 is 0.808 bits per heavy atom. The zero-order valence-corrected chi connectivity index (χ0v) is 17.6. The second-order valence-corrected chi connectivity index (χ2v) is 8.18. The van der Waals surface area contributed by atoms with Gasteiger partial charge in [0.15, 0.2) is 0 Å². The van der Waals surface area contributed by atoms with Crippen LogP contribution in [0, 0.1) is 0 Å². The first-order valence-corrected chi connectivity index (χ1v) is 10.5. The van der Waals surface area contributed by atoms with E-state index in [9.17, 15) is 0 Å². The van der Waals surface area contributed by atoms with E-state index in [1.165, 1.54) is 21.5 Å². The Bertz CT molecular complexity index is 1130. The fourth-order valence-electron chi connectivity index (χ4n) is 2.99. The van der Waals surface area contributed by atoms with Gasteiger partial charge in [-0.15, -0.1) is 0 Å². The summed E-state index contributed by atoms with van der Waals surface area (Å²) in [6, 6.07) is 18.9. The van der Waals surface area contributed by atoms with Crippen LogP contribution in [0.3, 0.4) is 0 Å². The Hall–Kier alpha value is -1.95. The van der Waals surface area contributed by atoms with Crippen molar-refractivity contribution in [1.82, 2.24) is 9.97 Å². The van der Waals surface area contributed by atoms with Gasteiger partial charge in [-0.1, -0.05) is 74.3 Å². The molecule has 0 saturated carbocycles. The highest BCUT2D eigenvalue weighted by Crippen LogP contribution is 2.38. The third-order valence-corrected chi connectivity index (χ3v) is 6.05. The Morgan fingerprint density at radius 2 is 1.62 bits per heavy atom. The van der Waals surface area contributed by atoms with E-state index in [0.717, 1.165) is 20.3 Å². The van der Waals surface area contributed by atoms with Crippen LogP contribution in [-0.4, -0.2) is 9.97 Å². The molecule has 5 heteroatoms. The van der Waals surface area contributed by atoms with Gasteiger partial charge in [-0.05, 0) is 39.1 Å². The van der Waals surface area contributed by atoms with Crippen LogP contribution >= 0.6 is 43.2 Å². The smallest absolute Gasteiger partial charge is 0.139 e. The van der Waals surface area contributed by atoms with Crippen molar-refractivity contribution in [3.63, 3.8) is 0 Å². The normalized spacial score (nSPS) is 10.7. The fraction of sp³-hybridized carbons (Fsp3) is 0. The standard InChI is InChI=1S/C17H10Br2N2.C4H4S/c18-13-3-1-2-10-4-5-12-11(15(10)13)6-7-14(19)16(12)17-20-8-9-21-17;1-2-4-5-3-1/h1-9H,(H,20,21);1-4H. The number of fused-ring (bicyclic) bond motifs is 3. The van der Waals surface area contributed by atoms with Gasteiger partial charge in [0.25, 0.3) is 0 Å². The summed E-state index contributed by atoms with van der Waals surface area (Å²) in [5.74, 6) is 0.874. The maximum absolute atomic E-state index is 4.40. The molecule has 0 aliphatic rings. The predicted octanol–water partition coefficient (Wildman–Crippen LogP) is 7.66. The second-order valence-electron chi connectivity index (χ2n) is 5.65. The SMILES string of the molecule is Brc1ccc2c(ccc3cccc(Br)c32)c1-c1ncc[nH]1.c1ccsc1. The van der Waals surface area contributed by atoms with E-state index in [1.54, 1.807) is 17.5 Å². The molecule has 0 spiro atoms. The lowest BCUT2D eigenvalue weighted by Gasteiger charge is -2.11. The number of hydrogen-bond donors (Lipinski definition) is 1. The van der Waals surface area contributed by atoms with Crippen LogP contribution in [0.4, 0.5) is 0 Å². The molecule has 26 heavy (non-hydrogen) atoms. The predicted molar refractivity (Wildman–Crippen MR) is 119 cm³/mol. The monoisotopic (exact) mass is 484 g/mol. The zero-order chi connectivity index (χ0) is 17.9. The number of halogens is 2. The highest BCUT2D eigenvalue weighted by molar-refractivity contribution is 9.11. The Labute approximate surface area is 172 Å². The van der Waals surface area contributed by atoms with Gasteiger partial charge in [-0.3, -0.25) is 0 Å². The van der Waals surface area contributed by atoms with E-state index in [0.29, 0.717) is 0 Å². The molecule has 5 aromatic rings. The molecule has 0 unspecified atom stereocenters. The van der Waals surface area contributed by atoms with Gasteiger partial charge in [0.1, 0.15) is 5.82 Å². The van der Waals surface area contributed by atoms with Crippen molar-refractivity contribution >= 4 is 64.7 Å². The molecule has 0 atom stereocenters. The Kier molecular flexibility index (Phi) is 5.20. The van der Waals surface area contributed by atoms with Crippen LogP contribution in [0.15, 0.2) is 86.7 Å². The van der Waals surface area contributed by atoms with Gasteiger partial charge in [-0.2, -0.15) is 11.3 Å². The Balaban J connectivity index is 0.000000292. The van der Waals surface area contributed by atoms with Crippen LogP contribution in [0.1, 0.15) is 0 Å². The van der Waals surface area contributed by atoms with E-state index < -0.39 is 0 Å². The van der Waals surface area contributed by atoms with E-state index in [1.807, 2.05) is 29.1 Å². The molecule has 0 radical (unpaired) electrons. The number of nitrogens with zero attached hydrogens (tertiary/aromatic N) is 1. The van der Waals surface area contributed by atoms with E-state index in [2.05, 4.69) is 84.3 Å². The first-order valence-electron chi connectivity index (χ1n) is 8.02. The average Bonchev–Trinajstić information content (AvgIpc) is 3.38. The van der Waals surface area contributed by atoms with Gasteiger partial charge >= 0.3 is 0 Å². The number of benzene rings is 3. The molecular formula is C21H14Br2N2S. The van der Waals surface area contributed by atoms with Crippen molar-refractivity contribution in [3.8, 4) is 11.4 Å². The number of H-pyrrole nitrogens is 1. The fourth-order valence-corrected chi connectivity index (χ4v) is 4.57. The van der Waals surface area contributed by atoms with Crippen LogP contribution in [0.25, 0.3) is 32.9 Å². The highest BCUT2D eigenvalue weighted by Gasteiger charge is 2.13. The first kappa shape index (κ1) is 17.5. The van der Waals surface area contributed by atoms with Crippen molar-refractivity contribution in [1.29, 1.82) is 0 Å².